The molecule has 0 bridgehead atoms. The molecule has 0 radical (unpaired) electrons. The van der Waals surface area contributed by atoms with Crippen molar-refractivity contribution >= 4 is 0 Å². The molecule has 0 amide bonds. The molecule has 2 aliphatic rings. The van der Waals surface area contributed by atoms with E-state index in [0.29, 0.717) is 11.6 Å². The Kier molecular flexibility index (Phi) is 4.79. The largest absolute Gasteiger partial charge is 0.383 e. The predicted octanol–water partition coefficient (Wildman–Crippen LogP) is 0.866. The zero-order valence-corrected chi connectivity index (χ0v) is 11.2. The van der Waals surface area contributed by atoms with Crippen LogP contribution < -0.4 is 5.32 Å². The molecule has 1 heterocycles. The van der Waals surface area contributed by atoms with Crippen LogP contribution in [0.3, 0.4) is 0 Å². The minimum absolute atomic E-state index is 0.300. The lowest BCUT2D eigenvalue weighted by Crippen LogP contribution is -2.63. The van der Waals surface area contributed by atoms with Gasteiger partial charge in [-0.15, -0.1) is 0 Å². The fourth-order valence-corrected chi connectivity index (χ4v) is 3.55. The summed E-state index contributed by atoms with van der Waals surface area (Å²) < 4.78 is 10.9. The van der Waals surface area contributed by atoms with Crippen molar-refractivity contribution in [2.24, 2.45) is 0 Å². The van der Waals surface area contributed by atoms with Crippen molar-refractivity contribution in [1.82, 2.24) is 10.2 Å². The minimum atomic E-state index is 0.300. The summed E-state index contributed by atoms with van der Waals surface area (Å²) in [4.78, 5) is 2.64. The summed E-state index contributed by atoms with van der Waals surface area (Å²) >= 11 is 0. The van der Waals surface area contributed by atoms with Crippen LogP contribution in [0.1, 0.15) is 25.7 Å². The average molecular weight is 242 g/mol. The Balaban J connectivity index is 2.11. The van der Waals surface area contributed by atoms with Crippen molar-refractivity contribution in [2.45, 2.75) is 37.3 Å². The molecule has 0 aromatic carbocycles. The lowest BCUT2D eigenvalue weighted by atomic mass is 9.86. The Morgan fingerprint density at radius 2 is 1.94 bits per heavy atom. The first-order valence-electron chi connectivity index (χ1n) is 6.82. The Labute approximate surface area is 105 Å². The molecule has 4 heteroatoms. The van der Waals surface area contributed by atoms with Crippen molar-refractivity contribution in [2.75, 3.05) is 47.1 Å². The molecule has 1 N–H and O–H groups in total. The normalized spacial score (nSPS) is 27.2. The molecule has 1 saturated heterocycles. The predicted molar refractivity (Wildman–Crippen MR) is 68.3 cm³/mol. The third kappa shape index (κ3) is 2.65. The molecule has 1 unspecified atom stereocenters. The second kappa shape index (κ2) is 6.14. The topological polar surface area (TPSA) is 33.7 Å². The van der Waals surface area contributed by atoms with Crippen molar-refractivity contribution in [3.63, 3.8) is 0 Å². The van der Waals surface area contributed by atoms with Crippen LogP contribution in [0.15, 0.2) is 0 Å². The highest BCUT2D eigenvalue weighted by molar-refractivity contribution is 5.03. The number of nitrogens with zero attached hydrogens (tertiary/aromatic N) is 1. The molecule has 1 aliphatic carbocycles. The Bertz CT molecular complexity index is 217. The zero-order chi connectivity index (χ0) is 12.1. The summed E-state index contributed by atoms with van der Waals surface area (Å²) in [7, 11) is 3.86. The standard InChI is InChI=1S/C13H26N2O2/c1-14-12(11-16-2)13(5-3-4-6-13)15-7-9-17-10-8-15/h12,14H,3-11H2,1-2H3. The number of morpholine rings is 1. The molecule has 1 saturated carbocycles. The van der Waals surface area contributed by atoms with E-state index in [0.717, 1.165) is 32.9 Å². The van der Waals surface area contributed by atoms with Crippen LogP contribution in [0.2, 0.25) is 0 Å². The lowest BCUT2D eigenvalue weighted by molar-refractivity contribution is -0.0453. The first kappa shape index (κ1) is 13.3. The van der Waals surface area contributed by atoms with E-state index in [9.17, 15) is 0 Å². The van der Waals surface area contributed by atoms with Gasteiger partial charge in [0.25, 0.3) is 0 Å². The van der Waals surface area contributed by atoms with Crippen LogP contribution in [0.5, 0.6) is 0 Å². The second-order valence-corrected chi connectivity index (χ2v) is 5.21. The molecule has 1 atom stereocenters. The Hall–Kier alpha value is -0.160. The number of nitrogens with one attached hydrogen (secondary N) is 1. The van der Waals surface area contributed by atoms with Gasteiger partial charge in [-0.1, -0.05) is 12.8 Å². The van der Waals surface area contributed by atoms with Gasteiger partial charge in [-0.2, -0.15) is 0 Å². The van der Waals surface area contributed by atoms with Gasteiger partial charge >= 0.3 is 0 Å². The third-order valence-corrected chi connectivity index (χ3v) is 4.44. The maximum absolute atomic E-state index is 5.48. The number of rotatable bonds is 5. The Morgan fingerprint density at radius 1 is 1.29 bits per heavy atom. The molecular formula is C13H26N2O2. The zero-order valence-electron chi connectivity index (χ0n) is 11.2. The first-order chi connectivity index (χ1) is 8.33. The summed E-state index contributed by atoms with van der Waals surface area (Å²) in [6, 6.07) is 0.438. The third-order valence-electron chi connectivity index (χ3n) is 4.44. The van der Waals surface area contributed by atoms with E-state index in [1.807, 2.05) is 0 Å². The molecular weight excluding hydrogens is 216 g/mol. The van der Waals surface area contributed by atoms with Crippen molar-refractivity contribution in [1.29, 1.82) is 0 Å². The summed E-state index contributed by atoms with van der Waals surface area (Å²) in [5.41, 5.74) is 0.300. The van der Waals surface area contributed by atoms with Crippen LogP contribution >= 0.6 is 0 Å². The number of ether oxygens (including phenoxy) is 2. The molecule has 2 rings (SSSR count). The van der Waals surface area contributed by atoms with Crippen LogP contribution in [0, 0.1) is 0 Å². The number of hydrogen-bond donors (Lipinski definition) is 1. The monoisotopic (exact) mass is 242 g/mol. The SMILES string of the molecule is CNC(COC)C1(N2CCOCC2)CCCC1. The molecule has 1 aliphatic heterocycles. The van der Waals surface area contributed by atoms with Crippen LogP contribution in [-0.4, -0.2) is 63.5 Å². The highest BCUT2D eigenvalue weighted by Gasteiger charge is 2.45. The molecule has 17 heavy (non-hydrogen) atoms. The highest BCUT2D eigenvalue weighted by atomic mass is 16.5. The molecule has 2 fully saturated rings. The fourth-order valence-electron chi connectivity index (χ4n) is 3.55. The van der Waals surface area contributed by atoms with Gasteiger partial charge in [-0.05, 0) is 19.9 Å². The lowest BCUT2D eigenvalue weighted by Gasteiger charge is -2.48. The molecule has 0 aromatic heterocycles. The van der Waals surface area contributed by atoms with Gasteiger partial charge in [0, 0.05) is 31.8 Å². The second-order valence-electron chi connectivity index (χ2n) is 5.21. The van der Waals surface area contributed by atoms with E-state index in [-0.39, 0.29) is 0 Å². The molecule has 100 valence electrons. The smallest absolute Gasteiger partial charge is 0.0633 e. The Morgan fingerprint density at radius 3 is 2.47 bits per heavy atom. The van der Waals surface area contributed by atoms with Gasteiger partial charge in [0.2, 0.25) is 0 Å². The van der Waals surface area contributed by atoms with Crippen molar-refractivity contribution in [3.8, 4) is 0 Å². The molecule has 0 spiro atoms. The van der Waals surface area contributed by atoms with Gasteiger partial charge in [0.1, 0.15) is 0 Å². The van der Waals surface area contributed by atoms with E-state index < -0.39 is 0 Å². The van der Waals surface area contributed by atoms with Gasteiger partial charge < -0.3 is 14.8 Å². The summed E-state index contributed by atoms with van der Waals surface area (Å²) in [6.07, 6.45) is 5.28. The summed E-state index contributed by atoms with van der Waals surface area (Å²) in [5.74, 6) is 0. The quantitative estimate of drug-likeness (QED) is 0.775. The highest BCUT2D eigenvalue weighted by Crippen LogP contribution is 2.38. The maximum Gasteiger partial charge on any atom is 0.0633 e. The molecule has 4 nitrogen and oxygen atoms in total. The number of methoxy groups -OCH3 is 1. The summed E-state index contributed by atoms with van der Waals surface area (Å²) in [6.45, 7) is 4.70. The number of hydrogen-bond acceptors (Lipinski definition) is 4. The van der Waals surface area contributed by atoms with Gasteiger partial charge in [0.05, 0.1) is 19.8 Å². The molecule has 0 aromatic rings. The van der Waals surface area contributed by atoms with E-state index in [4.69, 9.17) is 9.47 Å². The van der Waals surface area contributed by atoms with Gasteiger partial charge in [-0.25, -0.2) is 0 Å². The van der Waals surface area contributed by atoms with Crippen LogP contribution in [0.25, 0.3) is 0 Å². The number of likely N-dealkylation sites (N-methyl/N-ethyl adjacent to an activating group) is 1. The minimum Gasteiger partial charge on any atom is -0.383 e. The maximum atomic E-state index is 5.48. The van der Waals surface area contributed by atoms with E-state index in [1.54, 1.807) is 7.11 Å². The van der Waals surface area contributed by atoms with Crippen LogP contribution in [0.4, 0.5) is 0 Å². The van der Waals surface area contributed by atoms with Crippen molar-refractivity contribution in [3.05, 3.63) is 0 Å². The van der Waals surface area contributed by atoms with E-state index in [2.05, 4.69) is 17.3 Å². The van der Waals surface area contributed by atoms with Gasteiger partial charge in [-0.3, -0.25) is 4.90 Å². The van der Waals surface area contributed by atoms with Crippen molar-refractivity contribution < 1.29 is 9.47 Å². The fraction of sp³-hybridized carbons (Fsp3) is 1.00. The summed E-state index contributed by atoms with van der Waals surface area (Å²) in [5, 5.41) is 3.48. The average Bonchev–Trinajstić information content (AvgIpc) is 2.87. The van der Waals surface area contributed by atoms with E-state index >= 15 is 0 Å². The first-order valence-corrected chi connectivity index (χ1v) is 6.82. The van der Waals surface area contributed by atoms with Gasteiger partial charge in [0.15, 0.2) is 0 Å². The van der Waals surface area contributed by atoms with Crippen LogP contribution in [-0.2, 0) is 9.47 Å². The van der Waals surface area contributed by atoms with E-state index in [1.165, 1.54) is 25.7 Å².